The monoisotopic (exact) mass is 360 g/mol. The number of rotatable bonds is 5. The number of carboxylic acid groups (broad SMARTS) is 1. The number of nitrogens with one attached hydrogen (secondary N) is 1. The fraction of sp³-hybridized carbons (Fsp3) is 0.278. The van der Waals surface area contributed by atoms with Crippen molar-refractivity contribution in [3.63, 3.8) is 0 Å². The quantitative estimate of drug-likeness (QED) is 0.847. The largest absolute Gasteiger partial charge is 0.478 e. The van der Waals surface area contributed by atoms with E-state index < -0.39 is 11.9 Å². The highest BCUT2D eigenvalue weighted by atomic mass is 19.1. The molecule has 0 aliphatic carbocycles. The lowest BCUT2D eigenvalue weighted by atomic mass is 10.1. The topological polar surface area (TPSA) is 97.8 Å². The second-order valence-corrected chi connectivity index (χ2v) is 5.80. The number of carbonyl (C=O) groups is 2. The van der Waals surface area contributed by atoms with Gasteiger partial charge in [-0.05, 0) is 43.2 Å². The number of aryl methyl sites for hydroxylation is 1. The lowest BCUT2D eigenvalue weighted by Gasteiger charge is -2.21. The SMILES string of the molecule is Cc1nc(C(=O)NCCc2cc(F)cc3c2OCOC3)ccc1C(=O)O. The molecule has 1 aliphatic heterocycles. The van der Waals surface area contributed by atoms with E-state index in [2.05, 4.69) is 10.3 Å². The molecule has 1 aliphatic rings. The van der Waals surface area contributed by atoms with Gasteiger partial charge in [0.2, 0.25) is 0 Å². The van der Waals surface area contributed by atoms with Crippen molar-refractivity contribution in [1.82, 2.24) is 10.3 Å². The number of fused-ring (bicyclic) bond motifs is 1. The molecule has 2 aromatic rings. The number of hydrogen-bond donors (Lipinski definition) is 2. The molecule has 1 amide bonds. The second-order valence-electron chi connectivity index (χ2n) is 5.80. The van der Waals surface area contributed by atoms with E-state index in [0.29, 0.717) is 23.3 Å². The van der Waals surface area contributed by atoms with Crippen LogP contribution in [0.2, 0.25) is 0 Å². The van der Waals surface area contributed by atoms with Crippen molar-refractivity contribution in [2.45, 2.75) is 20.0 Å². The molecule has 26 heavy (non-hydrogen) atoms. The Bertz CT molecular complexity index is 869. The van der Waals surface area contributed by atoms with E-state index in [9.17, 15) is 14.0 Å². The van der Waals surface area contributed by atoms with Crippen molar-refractivity contribution in [2.75, 3.05) is 13.3 Å². The Balaban J connectivity index is 1.65. The first kappa shape index (κ1) is 17.8. The zero-order valence-electron chi connectivity index (χ0n) is 14.0. The summed E-state index contributed by atoms with van der Waals surface area (Å²) in [7, 11) is 0. The summed E-state index contributed by atoms with van der Waals surface area (Å²) in [6.45, 7) is 2.17. The normalized spacial score (nSPS) is 12.8. The van der Waals surface area contributed by atoms with Crippen LogP contribution in [0.1, 0.15) is 37.7 Å². The van der Waals surface area contributed by atoms with Crippen LogP contribution in [0.15, 0.2) is 24.3 Å². The lowest BCUT2D eigenvalue weighted by molar-refractivity contribution is -0.0172. The molecule has 7 nitrogen and oxygen atoms in total. The highest BCUT2D eigenvalue weighted by Crippen LogP contribution is 2.29. The van der Waals surface area contributed by atoms with Gasteiger partial charge in [-0.1, -0.05) is 0 Å². The average molecular weight is 360 g/mol. The average Bonchev–Trinajstić information content (AvgIpc) is 2.61. The predicted octanol–water partition coefficient (Wildman–Crippen LogP) is 2.07. The van der Waals surface area contributed by atoms with Gasteiger partial charge in [0.25, 0.3) is 5.91 Å². The summed E-state index contributed by atoms with van der Waals surface area (Å²) < 4.78 is 24.3. The Hall–Kier alpha value is -3.00. The van der Waals surface area contributed by atoms with Gasteiger partial charge in [-0.3, -0.25) is 4.79 Å². The molecule has 0 atom stereocenters. The van der Waals surface area contributed by atoms with Gasteiger partial charge in [0.1, 0.15) is 17.3 Å². The Morgan fingerprint density at radius 3 is 2.88 bits per heavy atom. The van der Waals surface area contributed by atoms with E-state index in [0.717, 1.165) is 0 Å². The molecule has 0 saturated carbocycles. The summed E-state index contributed by atoms with van der Waals surface area (Å²) in [5, 5.41) is 11.7. The van der Waals surface area contributed by atoms with Crippen LogP contribution in [0.5, 0.6) is 5.75 Å². The summed E-state index contributed by atoms with van der Waals surface area (Å²) in [6, 6.07) is 5.44. The maximum atomic E-state index is 13.7. The van der Waals surface area contributed by atoms with Gasteiger partial charge in [-0.15, -0.1) is 0 Å². The fourth-order valence-electron chi connectivity index (χ4n) is 2.76. The van der Waals surface area contributed by atoms with E-state index in [-0.39, 0.29) is 42.7 Å². The standard InChI is InChI=1S/C18H17FN2O5/c1-10-14(18(23)24)2-3-15(21-10)17(22)20-5-4-11-6-13(19)7-12-8-25-9-26-16(11)12/h2-3,6-7H,4-5,8-9H2,1H3,(H,20,22)(H,23,24). The highest BCUT2D eigenvalue weighted by molar-refractivity contribution is 5.94. The Morgan fingerprint density at radius 2 is 2.15 bits per heavy atom. The molecule has 1 aromatic carbocycles. The van der Waals surface area contributed by atoms with Crippen LogP contribution in [0.25, 0.3) is 0 Å². The summed E-state index contributed by atoms with van der Waals surface area (Å²) in [5.74, 6) is -1.33. The van der Waals surface area contributed by atoms with Crippen LogP contribution in [-0.4, -0.2) is 35.3 Å². The third kappa shape index (κ3) is 3.80. The third-order valence-corrected chi connectivity index (χ3v) is 3.98. The first-order valence-corrected chi connectivity index (χ1v) is 7.96. The first-order valence-electron chi connectivity index (χ1n) is 7.96. The summed E-state index contributed by atoms with van der Waals surface area (Å²) >= 11 is 0. The molecule has 8 heteroatoms. The third-order valence-electron chi connectivity index (χ3n) is 3.98. The highest BCUT2D eigenvalue weighted by Gasteiger charge is 2.17. The number of hydrogen-bond acceptors (Lipinski definition) is 5. The zero-order chi connectivity index (χ0) is 18.7. The predicted molar refractivity (Wildman–Crippen MR) is 88.7 cm³/mol. The first-order chi connectivity index (χ1) is 12.5. The minimum atomic E-state index is -1.10. The van der Waals surface area contributed by atoms with Gasteiger partial charge in [0, 0.05) is 12.1 Å². The van der Waals surface area contributed by atoms with Gasteiger partial charge in [0.05, 0.1) is 17.9 Å². The number of aromatic carboxylic acids is 1. The number of amides is 1. The maximum Gasteiger partial charge on any atom is 0.337 e. The van der Waals surface area contributed by atoms with E-state index in [4.69, 9.17) is 14.6 Å². The van der Waals surface area contributed by atoms with Crippen LogP contribution >= 0.6 is 0 Å². The number of carbonyl (C=O) groups excluding carboxylic acids is 1. The Labute approximate surface area is 148 Å². The van der Waals surface area contributed by atoms with Crippen molar-refractivity contribution >= 4 is 11.9 Å². The van der Waals surface area contributed by atoms with Crippen LogP contribution in [-0.2, 0) is 17.8 Å². The van der Waals surface area contributed by atoms with Crippen molar-refractivity contribution in [3.8, 4) is 5.75 Å². The number of pyridine rings is 1. The number of aromatic nitrogens is 1. The number of halogens is 1. The molecule has 0 radical (unpaired) electrons. The molecule has 2 heterocycles. The molecular weight excluding hydrogens is 343 g/mol. The number of carboxylic acids is 1. The van der Waals surface area contributed by atoms with Gasteiger partial charge in [-0.25, -0.2) is 14.2 Å². The minimum Gasteiger partial charge on any atom is -0.478 e. The Kier molecular flexibility index (Phi) is 5.13. The van der Waals surface area contributed by atoms with Crippen molar-refractivity contribution in [2.24, 2.45) is 0 Å². The van der Waals surface area contributed by atoms with Crippen LogP contribution in [0.4, 0.5) is 4.39 Å². The summed E-state index contributed by atoms with van der Waals surface area (Å²) in [4.78, 5) is 27.2. The number of benzene rings is 1. The van der Waals surface area contributed by atoms with Crippen LogP contribution in [0.3, 0.4) is 0 Å². The van der Waals surface area contributed by atoms with Crippen LogP contribution in [0, 0.1) is 12.7 Å². The van der Waals surface area contributed by atoms with E-state index in [1.807, 2.05) is 0 Å². The molecule has 0 unspecified atom stereocenters. The molecule has 136 valence electrons. The number of ether oxygens (including phenoxy) is 2. The molecule has 2 N–H and O–H groups in total. The van der Waals surface area contributed by atoms with Gasteiger partial charge in [-0.2, -0.15) is 0 Å². The van der Waals surface area contributed by atoms with Gasteiger partial charge in [0.15, 0.2) is 6.79 Å². The molecule has 0 spiro atoms. The molecule has 1 aromatic heterocycles. The summed E-state index contributed by atoms with van der Waals surface area (Å²) in [6.07, 6.45) is 0.373. The van der Waals surface area contributed by atoms with Crippen molar-refractivity contribution < 1.29 is 28.6 Å². The lowest BCUT2D eigenvalue weighted by Crippen LogP contribution is -2.27. The van der Waals surface area contributed by atoms with Gasteiger partial charge < -0.3 is 19.9 Å². The fourth-order valence-corrected chi connectivity index (χ4v) is 2.76. The van der Waals surface area contributed by atoms with Crippen molar-refractivity contribution in [1.29, 1.82) is 0 Å². The Morgan fingerprint density at radius 1 is 1.35 bits per heavy atom. The van der Waals surface area contributed by atoms with E-state index >= 15 is 0 Å². The summed E-state index contributed by atoms with van der Waals surface area (Å²) in [5.41, 5.74) is 1.72. The zero-order valence-corrected chi connectivity index (χ0v) is 14.0. The van der Waals surface area contributed by atoms with Gasteiger partial charge >= 0.3 is 5.97 Å². The molecule has 3 rings (SSSR count). The number of nitrogens with zero attached hydrogens (tertiary/aromatic N) is 1. The minimum absolute atomic E-state index is 0.0484. The van der Waals surface area contributed by atoms with Crippen LogP contribution < -0.4 is 10.1 Å². The van der Waals surface area contributed by atoms with Crippen molar-refractivity contribution in [3.05, 3.63) is 58.2 Å². The molecule has 0 bridgehead atoms. The molecule has 0 saturated heterocycles. The smallest absolute Gasteiger partial charge is 0.337 e. The molecule has 0 fully saturated rings. The van der Waals surface area contributed by atoms with E-state index in [1.165, 1.54) is 31.2 Å². The molecular formula is C18H17FN2O5. The van der Waals surface area contributed by atoms with E-state index in [1.54, 1.807) is 0 Å². The second kappa shape index (κ2) is 7.49. The maximum absolute atomic E-state index is 13.7.